The summed E-state index contributed by atoms with van der Waals surface area (Å²) in [5.74, 6) is 0. The van der Waals surface area contributed by atoms with Crippen LogP contribution in [0.4, 0.5) is 4.79 Å². The van der Waals surface area contributed by atoms with Crippen LogP contribution in [0.1, 0.15) is 12.5 Å². The number of likely N-dealkylation sites (N-methyl/N-ethyl adjacent to an activating group) is 1. The summed E-state index contributed by atoms with van der Waals surface area (Å²) in [5.41, 5.74) is 1.10. The number of carbonyl (C=O) groups is 1. The van der Waals surface area contributed by atoms with Gasteiger partial charge in [-0.3, -0.25) is 0 Å². The van der Waals surface area contributed by atoms with Crippen LogP contribution in [-0.2, 0) is 6.54 Å². The number of piperazine rings is 1. The molecule has 0 unspecified atom stereocenters. The average Bonchev–Trinajstić information content (AvgIpc) is 2.46. The number of nitrogens with zero attached hydrogens (tertiary/aromatic N) is 2. The van der Waals surface area contributed by atoms with Crippen LogP contribution in [0.3, 0.4) is 0 Å². The normalized spacial score (nSPS) is 16.4. The molecule has 4 nitrogen and oxygen atoms in total. The molecule has 0 aliphatic carbocycles. The Labute approximate surface area is 122 Å². The molecule has 104 valence electrons. The molecule has 1 heterocycles. The zero-order valence-electron chi connectivity index (χ0n) is 11.2. The van der Waals surface area contributed by atoms with Crippen molar-refractivity contribution < 1.29 is 4.79 Å². The van der Waals surface area contributed by atoms with Crippen molar-refractivity contribution in [2.45, 2.75) is 13.5 Å². The van der Waals surface area contributed by atoms with Gasteiger partial charge in [0.25, 0.3) is 0 Å². The van der Waals surface area contributed by atoms with E-state index in [-0.39, 0.29) is 6.03 Å². The first-order valence-electron chi connectivity index (χ1n) is 6.69. The predicted molar refractivity (Wildman–Crippen MR) is 80.1 cm³/mol. The Morgan fingerprint density at radius 1 is 1.26 bits per heavy atom. The summed E-state index contributed by atoms with van der Waals surface area (Å²) in [6.07, 6.45) is 0. The van der Waals surface area contributed by atoms with Gasteiger partial charge >= 0.3 is 6.03 Å². The molecule has 1 aromatic rings. The molecule has 0 atom stereocenters. The van der Waals surface area contributed by atoms with Crippen LogP contribution < -0.4 is 5.32 Å². The Balaban J connectivity index is 1.81. The van der Waals surface area contributed by atoms with Crippen molar-refractivity contribution in [1.82, 2.24) is 15.1 Å². The van der Waals surface area contributed by atoms with Gasteiger partial charge in [0.1, 0.15) is 0 Å². The van der Waals surface area contributed by atoms with Crippen molar-refractivity contribution >= 4 is 22.0 Å². The van der Waals surface area contributed by atoms with Crippen molar-refractivity contribution in [2.24, 2.45) is 0 Å². The highest BCUT2D eigenvalue weighted by Gasteiger charge is 2.19. The molecular formula is C14H20BrN3O. The number of nitrogens with one attached hydrogen (secondary N) is 1. The lowest BCUT2D eigenvalue weighted by atomic mass is 10.2. The van der Waals surface area contributed by atoms with Gasteiger partial charge in [0.2, 0.25) is 0 Å². The molecule has 0 saturated carbocycles. The van der Waals surface area contributed by atoms with Crippen LogP contribution >= 0.6 is 15.9 Å². The highest BCUT2D eigenvalue weighted by molar-refractivity contribution is 9.10. The Kier molecular flexibility index (Phi) is 5.22. The highest BCUT2D eigenvalue weighted by atomic mass is 79.9. The van der Waals surface area contributed by atoms with Crippen molar-refractivity contribution in [1.29, 1.82) is 0 Å². The van der Waals surface area contributed by atoms with Crippen LogP contribution in [0.15, 0.2) is 28.7 Å². The third-order valence-electron chi connectivity index (χ3n) is 3.49. The molecule has 19 heavy (non-hydrogen) atoms. The zero-order valence-corrected chi connectivity index (χ0v) is 12.8. The van der Waals surface area contributed by atoms with E-state index >= 15 is 0 Å². The van der Waals surface area contributed by atoms with Crippen LogP contribution in [-0.4, -0.2) is 48.6 Å². The summed E-state index contributed by atoms with van der Waals surface area (Å²) >= 11 is 3.49. The third kappa shape index (κ3) is 3.94. The number of carbonyl (C=O) groups excluding carboxylic acids is 1. The monoisotopic (exact) mass is 325 g/mol. The second-order valence-corrected chi connectivity index (χ2v) is 5.53. The molecule has 1 aliphatic rings. The summed E-state index contributed by atoms with van der Waals surface area (Å²) in [4.78, 5) is 16.3. The Morgan fingerprint density at radius 3 is 2.58 bits per heavy atom. The van der Waals surface area contributed by atoms with Gasteiger partial charge in [-0.2, -0.15) is 0 Å². The van der Waals surface area contributed by atoms with Gasteiger partial charge in [-0.1, -0.05) is 41.1 Å². The van der Waals surface area contributed by atoms with E-state index in [2.05, 4.69) is 33.1 Å². The zero-order chi connectivity index (χ0) is 13.7. The lowest BCUT2D eigenvalue weighted by Crippen LogP contribution is -2.51. The maximum absolute atomic E-state index is 12.1. The van der Waals surface area contributed by atoms with Gasteiger partial charge in [0.15, 0.2) is 0 Å². The lowest BCUT2D eigenvalue weighted by molar-refractivity contribution is 0.142. The standard InChI is InChI=1S/C14H20BrN3O/c1-2-17-7-9-18(10-8-17)14(19)16-11-12-5-3-4-6-13(12)15/h3-6H,2,7-11H2,1H3,(H,16,19). The predicted octanol–water partition coefficient (Wildman–Crippen LogP) is 2.30. The van der Waals surface area contributed by atoms with Gasteiger partial charge in [-0.25, -0.2) is 4.79 Å². The molecule has 0 spiro atoms. The summed E-state index contributed by atoms with van der Waals surface area (Å²) in [6, 6.07) is 7.98. The summed E-state index contributed by atoms with van der Waals surface area (Å²) in [5, 5.41) is 2.98. The van der Waals surface area contributed by atoms with Crippen molar-refractivity contribution in [3.63, 3.8) is 0 Å². The van der Waals surface area contributed by atoms with E-state index in [0.29, 0.717) is 6.54 Å². The number of urea groups is 1. The summed E-state index contributed by atoms with van der Waals surface area (Å²) < 4.78 is 1.03. The van der Waals surface area contributed by atoms with Crippen LogP contribution in [0.2, 0.25) is 0 Å². The maximum atomic E-state index is 12.1. The van der Waals surface area contributed by atoms with E-state index < -0.39 is 0 Å². The fraction of sp³-hybridized carbons (Fsp3) is 0.500. The number of halogens is 1. The minimum atomic E-state index is 0.0338. The first kappa shape index (κ1) is 14.3. The molecule has 1 saturated heterocycles. The largest absolute Gasteiger partial charge is 0.334 e. The Hall–Kier alpha value is -1.07. The molecule has 5 heteroatoms. The first-order valence-corrected chi connectivity index (χ1v) is 7.48. The van der Waals surface area contributed by atoms with E-state index in [0.717, 1.165) is 42.8 Å². The van der Waals surface area contributed by atoms with Gasteiger partial charge in [0.05, 0.1) is 0 Å². The fourth-order valence-corrected chi connectivity index (χ4v) is 2.62. The van der Waals surface area contributed by atoms with Gasteiger partial charge in [-0.15, -0.1) is 0 Å². The van der Waals surface area contributed by atoms with Gasteiger partial charge in [-0.05, 0) is 18.2 Å². The molecule has 0 aromatic heterocycles. The molecule has 1 aromatic carbocycles. The molecule has 2 amide bonds. The third-order valence-corrected chi connectivity index (χ3v) is 4.27. The van der Waals surface area contributed by atoms with Crippen molar-refractivity contribution in [3.8, 4) is 0 Å². The van der Waals surface area contributed by atoms with E-state index in [4.69, 9.17) is 0 Å². The van der Waals surface area contributed by atoms with E-state index in [1.54, 1.807) is 0 Å². The lowest BCUT2D eigenvalue weighted by Gasteiger charge is -2.34. The maximum Gasteiger partial charge on any atom is 0.317 e. The van der Waals surface area contributed by atoms with Crippen LogP contribution in [0.25, 0.3) is 0 Å². The molecule has 2 rings (SSSR count). The molecule has 1 aliphatic heterocycles. The minimum absolute atomic E-state index is 0.0338. The molecule has 0 radical (unpaired) electrons. The molecule has 1 N–H and O–H groups in total. The molecule has 0 bridgehead atoms. The highest BCUT2D eigenvalue weighted by Crippen LogP contribution is 2.15. The second-order valence-electron chi connectivity index (χ2n) is 4.67. The SMILES string of the molecule is CCN1CCN(C(=O)NCc2ccccc2Br)CC1. The quantitative estimate of drug-likeness (QED) is 0.925. The second kappa shape index (κ2) is 6.91. The Bertz CT molecular complexity index is 430. The fourth-order valence-electron chi connectivity index (χ4n) is 2.19. The average molecular weight is 326 g/mol. The summed E-state index contributed by atoms with van der Waals surface area (Å²) in [6.45, 7) is 7.35. The number of amides is 2. The van der Waals surface area contributed by atoms with Gasteiger partial charge in [0, 0.05) is 37.2 Å². The van der Waals surface area contributed by atoms with E-state index in [1.807, 2.05) is 29.2 Å². The number of hydrogen-bond donors (Lipinski definition) is 1. The van der Waals surface area contributed by atoms with E-state index in [1.165, 1.54) is 0 Å². The van der Waals surface area contributed by atoms with Crippen molar-refractivity contribution in [3.05, 3.63) is 34.3 Å². The van der Waals surface area contributed by atoms with Crippen LogP contribution in [0.5, 0.6) is 0 Å². The number of rotatable bonds is 3. The number of benzene rings is 1. The molecule has 1 fully saturated rings. The molecular weight excluding hydrogens is 306 g/mol. The minimum Gasteiger partial charge on any atom is -0.334 e. The van der Waals surface area contributed by atoms with Crippen LogP contribution in [0, 0.1) is 0 Å². The van der Waals surface area contributed by atoms with Gasteiger partial charge < -0.3 is 15.1 Å². The van der Waals surface area contributed by atoms with E-state index in [9.17, 15) is 4.79 Å². The number of hydrogen-bond acceptors (Lipinski definition) is 2. The topological polar surface area (TPSA) is 35.6 Å². The van der Waals surface area contributed by atoms with Crippen molar-refractivity contribution in [2.75, 3.05) is 32.7 Å². The summed E-state index contributed by atoms with van der Waals surface area (Å²) in [7, 11) is 0. The smallest absolute Gasteiger partial charge is 0.317 e. The Morgan fingerprint density at radius 2 is 1.95 bits per heavy atom. The first-order chi connectivity index (χ1) is 9.20.